The average Bonchev–Trinajstić information content (AvgIpc) is 3.45. The van der Waals surface area contributed by atoms with Crippen molar-refractivity contribution < 1.29 is 32.7 Å². The number of nitrogens with one attached hydrogen (secondary N) is 1. The summed E-state index contributed by atoms with van der Waals surface area (Å²) in [4.78, 5) is 37.5. The van der Waals surface area contributed by atoms with Crippen LogP contribution in [0.5, 0.6) is 0 Å². The second kappa shape index (κ2) is 16.8. The van der Waals surface area contributed by atoms with Crippen molar-refractivity contribution in [3.63, 3.8) is 0 Å². The molecule has 0 saturated heterocycles. The minimum absolute atomic E-state index is 0.0149. The number of rotatable bonds is 16. The van der Waals surface area contributed by atoms with Crippen LogP contribution >= 0.6 is 0 Å². The summed E-state index contributed by atoms with van der Waals surface area (Å²) in [7, 11) is 0. The van der Waals surface area contributed by atoms with Gasteiger partial charge in [-0.3, -0.25) is 14.4 Å². The fraction of sp³-hybridized carbons (Fsp3) is 0.225. The third-order valence-corrected chi connectivity index (χ3v) is 8.47. The highest BCUT2D eigenvalue weighted by molar-refractivity contribution is 5.79. The predicted molar refractivity (Wildman–Crippen MR) is 185 cm³/mol. The fourth-order valence-electron chi connectivity index (χ4n) is 6.03. The second-order valence-corrected chi connectivity index (χ2v) is 11.9. The molecule has 6 rings (SSSR count). The van der Waals surface area contributed by atoms with Gasteiger partial charge in [-0.25, -0.2) is 13.8 Å². The van der Waals surface area contributed by atoms with Crippen molar-refractivity contribution in [3.8, 4) is 11.1 Å². The molecule has 50 heavy (non-hydrogen) atoms. The Balaban J connectivity index is 1.00. The summed E-state index contributed by atoms with van der Waals surface area (Å²) >= 11 is 0. The molecule has 1 aromatic heterocycles. The zero-order valence-electron chi connectivity index (χ0n) is 27.3. The average molecular weight is 678 g/mol. The quantitative estimate of drug-likeness (QED) is 0.0670. The molecule has 1 N–H and O–H groups in total. The number of nitrogens with zero attached hydrogens (tertiary/aromatic N) is 2. The number of aromatic nitrogens is 1. The van der Waals surface area contributed by atoms with Crippen LogP contribution in [-0.4, -0.2) is 42.9 Å². The van der Waals surface area contributed by atoms with Crippen LogP contribution in [0.25, 0.3) is 11.1 Å². The maximum absolute atomic E-state index is 14.4. The van der Waals surface area contributed by atoms with Gasteiger partial charge in [0.2, 0.25) is 0 Å². The van der Waals surface area contributed by atoms with Gasteiger partial charge >= 0.3 is 11.9 Å². The fourth-order valence-corrected chi connectivity index (χ4v) is 6.03. The number of ether oxygens (including phenoxy) is 2. The number of anilines is 1. The van der Waals surface area contributed by atoms with Crippen molar-refractivity contribution in [1.29, 1.82) is 0 Å². The molecule has 1 heterocycles. The molecule has 0 spiro atoms. The first kappa shape index (κ1) is 34.4. The Bertz CT molecular complexity index is 1850. The Hall–Kier alpha value is -5.45. The lowest BCUT2D eigenvalue weighted by atomic mass is 9.98. The highest BCUT2D eigenvalue weighted by Crippen LogP contribution is 2.44. The Morgan fingerprint density at radius 1 is 0.800 bits per heavy atom. The van der Waals surface area contributed by atoms with Crippen molar-refractivity contribution in [2.75, 3.05) is 24.7 Å². The number of fused-ring (bicyclic) bond motifs is 3. The molecular formula is C40H37F2N3O5. The molecule has 1 aliphatic carbocycles. The van der Waals surface area contributed by atoms with E-state index in [0.29, 0.717) is 18.8 Å². The summed E-state index contributed by atoms with van der Waals surface area (Å²) < 4.78 is 39.0. The summed E-state index contributed by atoms with van der Waals surface area (Å²) in [6, 6.07) is 34.8. The van der Waals surface area contributed by atoms with Gasteiger partial charge in [0.25, 0.3) is 0 Å². The summed E-state index contributed by atoms with van der Waals surface area (Å²) in [5.41, 5.74) is 8.88. The molecule has 5 aromatic rings. The Kier molecular flexibility index (Phi) is 11.5. The Labute approximate surface area is 289 Å². The first-order valence-electron chi connectivity index (χ1n) is 16.5. The summed E-state index contributed by atoms with van der Waals surface area (Å²) in [5.74, 6) is -1.96. The lowest BCUT2D eigenvalue weighted by Gasteiger charge is -2.24. The molecule has 0 unspecified atom stereocenters. The van der Waals surface area contributed by atoms with E-state index >= 15 is 0 Å². The number of carbonyl (C=O) groups excluding carboxylic acids is 2. The van der Waals surface area contributed by atoms with Crippen molar-refractivity contribution in [2.45, 2.75) is 38.0 Å². The van der Waals surface area contributed by atoms with E-state index < -0.39 is 29.8 Å². The first-order chi connectivity index (χ1) is 24.4. The molecule has 0 fully saturated rings. The van der Waals surface area contributed by atoms with E-state index in [4.69, 9.17) is 14.3 Å². The highest BCUT2D eigenvalue weighted by atomic mass is 19.1. The van der Waals surface area contributed by atoms with E-state index in [0.717, 1.165) is 11.6 Å². The minimum Gasteiger partial charge on any atom is -0.464 e. The van der Waals surface area contributed by atoms with Crippen LogP contribution in [0.4, 0.5) is 14.6 Å². The molecule has 0 bridgehead atoms. The number of carbonyl (C=O) groups is 2. The van der Waals surface area contributed by atoms with Crippen molar-refractivity contribution >= 4 is 17.8 Å². The molecule has 0 radical (unpaired) electrons. The predicted octanol–water partition coefficient (Wildman–Crippen LogP) is 7.14. The molecular weight excluding hydrogens is 640 g/mol. The van der Waals surface area contributed by atoms with E-state index in [2.05, 4.69) is 34.7 Å². The number of hydrogen-bond acceptors (Lipinski definition) is 8. The third kappa shape index (κ3) is 8.96. The van der Waals surface area contributed by atoms with Gasteiger partial charge in [0.1, 0.15) is 24.1 Å². The lowest BCUT2D eigenvalue weighted by Crippen LogP contribution is -2.37. The number of benzene rings is 4. The molecule has 1 aliphatic rings. The molecule has 4 aromatic carbocycles. The van der Waals surface area contributed by atoms with Gasteiger partial charge in [0, 0.05) is 36.7 Å². The zero-order chi connectivity index (χ0) is 34.7. The number of halogens is 2. The zero-order valence-corrected chi connectivity index (χ0v) is 27.3. The summed E-state index contributed by atoms with van der Waals surface area (Å²) in [6.07, 6.45) is 0.765. The smallest absolute Gasteiger partial charge is 0.308 e. The van der Waals surface area contributed by atoms with Crippen LogP contribution in [0.3, 0.4) is 0 Å². The van der Waals surface area contributed by atoms with E-state index in [-0.39, 0.29) is 44.0 Å². The van der Waals surface area contributed by atoms with Gasteiger partial charge in [-0.15, -0.1) is 0 Å². The van der Waals surface area contributed by atoms with Crippen LogP contribution in [0, 0.1) is 11.6 Å². The van der Waals surface area contributed by atoms with Crippen LogP contribution in [0.2, 0.25) is 0 Å². The molecule has 0 aliphatic heterocycles. The van der Waals surface area contributed by atoms with E-state index in [1.807, 2.05) is 54.6 Å². The number of hydroxylamine groups is 1. The van der Waals surface area contributed by atoms with Crippen molar-refractivity contribution in [1.82, 2.24) is 10.5 Å². The maximum Gasteiger partial charge on any atom is 0.308 e. The molecule has 0 amide bonds. The second-order valence-electron chi connectivity index (χ2n) is 11.9. The van der Waals surface area contributed by atoms with Gasteiger partial charge in [-0.1, -0.05) is 91.0 Å². The van der Waals surface area contributed by atoms with Gasteiger partial charge in [-0.05, 0) is 46.0 Å². The summed E-state index contributed by atoms with van der Waals surface area (Å²) in [6.45, 7) is 0.574. The normalized spacial score (nSPS) is 12.5. The van der Waals surface area contributed by atoms with Crippen molar-refractivity contribution in [3.05, 3.63) is 155 Å². The van der Waals surface area contributed by atoms with E-state index in [1.165, 1.54) is 34.4 Å². The molecule has 0 saturated carbocycles. The first-order valence-corrected chi connectivity index (χ1v) is 16.5. The topological polar surface area (TPSA) is 90.0 Å². The molecule has 10 heteroatoms. The van der Waals surface area contributed by atoms with E-state index in [1.54, 1.807) is 29.3 Å². The lowest BCUT2D eigenvalue weighted by molar-refractivity contribution is -0.163. The van der Waals surface area contributed by atoms with Crippen molar-refractivity contribution in [2.24, 2.45) is 0 Å². The SMILES string of the molecule is O=C(CCC(=O)O[C@@H](Cc1ccccc1)NOCC1c2ccccc2-c2ccccc21)OCCN(Cc1ccc(F)cc1F)c1ccccn1. The number of esters is 2. The monoisotopic (exact) mass is 677 g/mol. The van der Waals surface area contributed by atoms with Gasteiger partial charge in [-0.2, -0.15) is 5.48 Å². The van der Waals surface area contributed by atoms with Gasteiger partial charge < -0.3 is 14.4 Å². The largest absolute Gasteiger partial charge is 0.464 e. The Morgan fingerprint density at radius 2 is 1.48 bits per heavy atom. The number of pyridine rings is 1. The third-order valence-electron chi connectivity index (χ3n) is 8.47. The van der Waals surface area contributed by atoms with Crippen LogP contribution in [0.15, 0.2) is 121 Å². The Morgan fingerprint density at radius 3 is 2.18 bits per heavy atom. The molecule has 256 valence electrons. The van der Waals surface area contributed by atoms with Gasteiger partial charge in [0.15, 0.2) is 6.23 Å². The molecule has 8 nitrogen and oxygen atoms in total. The van der Waals surface area contributed by atoms with Gasteiger partial charge in [0.05, 0.1) is 26.0 Å². The minimum atomic E-state index is -0.799. The van der Waals surface area contributed by atoms with Crippen LogP contribution in [-0.2, 0) is 36.9 Å². The molecule has 1 atom stereocenters. The van der Waals surface area contributed by atoms with Crippen LogP contribution in [0.1, 0.15) is 41.0 Å². The summed E-state index contributed by atoms with van der Waals surface area (Å²) in [5, 5.41) is 0. The highest BCUT2D eigenvalue weighted by Gasteiger charge is 2.29. The van der Waals surface area contributed by atoms with E-state index in [9.17, 15) is 18.4 Å². The number of hydrogen-bond donors (Lipinski definition) is 1. The maximum atomic E-state index is 14.4. The van der Waals surface area contributed by atoms with Crippen LogP contribution < -0.4 is 10.4 Å². The standard InChI is InChI=1S/C40H37F2N3O5/c41-30-18-17-29(36(42)25-30)26-45(37-16-8-9-21-43-37)22-23-48-39(46)19-20-40(47)50-38(24-28-10-2-1-3-11-28)44-49-27-35-33-14-6-4-12-31(33)32-13-5-7-15-34(32)35/h1-18,21,25,35,38,44H,19-20,22-24,26-27H2/t38-/m0/s1.